The zero-order chi connectivity index (χ0) is 14.8. The van der Waals surface area contributed by atoms with E-state index in [9.17, 15) is 5.11 Å². The number of aliphatic hydroxyl groups excluding tert-OH is 1. The minimum atomic E-state index is -1.07. The summed E-state index contributed by atoms with van der Waals surface area (Å²) in [6, 6.07) is 8.93. The molecule has 0 spiro atoms. The Bertz CT molecular complexity index is 539. The van der Waals surface area contributed by atoms with Gasteiger partial charge in [0, 0.05) is 10.5 Å². The Kier molecular flexibility index (Phi) is 4.44. The lowest BCUT2D eigenvalue weighted by molar-refractivity contribution is -0.311. The van der Waals surface area contributed by atoms with E-state index < -0.39 is 35.7 Å². The second kappa shape index (κ2) is 6.31. The van der Waals surface area contributed by atoms with Gasteiger partial charge in [0.2, 0.25) is 0 Å². The van der Waals surface area contributed by atoms with Gasteiger partial charge in [0.25, 0.3) is 0 Å². The highest BCUT2D eigenvalue weighted by molar-refractivity contribution is 9.09. The third kappa shape index (κ3) is 2.91. The topological polar surface area (TPSA) is 96.7 Å². The monoisotopic (exact) mass is 355 g/mol. The third-order valence-electron chi connectivity index (χ3n) is 3.57. The number of hydrogen-bond acceptors (Lipinski definition) is 5. The molecule has 0 aromatic heterocycles. The first-order valence-electron chi connectivity index (χ1n) is 6.54. The first-order chi connectivity index (χ1) is 10.2. The predicted molar refractivity (Wildman–Crippen MR) is 76.5 cm³/mol. The Labute approximate surface area is 129 Å². The number of rotatable bonds is 2. The van der Waals surface area contributed by atoms with Crippen LogP contribution in [-0.4, -0.2) is 41.1 Å². The fourth-order valence-electron chi connectivity index (χ4n) is 2.54. The van der Waals surface area contributed by atoms with Crippen LogP contribution in [0.25, 0.3) is 10.4 Å². The van der Waals surface area contributed by atoms with Gasteiger partial charge in [0.15, 0.2) is 12.6 Å². The molecule has 1 N–H and O–H groups in total. The first kappa shape index (κ1) is 14.8. The molecule has 2 aliphatic heterocycles. The molecule has 3 rings (SSSR count). The maximum absolute atomic E-state index is 9.83. The second-order valence-corrected chi connectivity index (χ2v) is 5.94. The van der Waals surface area contributed by atoms with Crippen LogP contribution in [0.4, 0.5) is 0 Å². The molecule has 0 amide bonds. The van der Waals surface area contributed by atoms with Crippen LogP contribution in [0.3, 0.4) is 0 Å². The smallest absolute Gasteiger partial charge is 0.184 e. The van der Waals surface area contributed by atoms with Crippen molar-refractivity contribution in [1.82, 2.24) is 0 Å². The molecule has 2 heterocycles. The van der Waals surface area contributed by atoms with E-state index in [2.05, 4.69) is 26.0 Å². The van der Waals surface area contributed by atoms with Crippen molar-refractivity contribution >= 4 is 15.9 Å². The van der Waals surface area contributed by atoms with Gasteiger partial charge < -0.3 is 19.3 Å². The predicted octanol–water partition coefficient (Wildman–Crippen LogP) is 2.26. The van der Waals surface area contributed by atoms with Crippen LogP contribution in [0.5, 0.6) is 0 Å². The molecule has 2 aliphatic rings. The van der Waals surface area contributed by atoms with Crippen LogP contribution in [0.15, 0.2) is 35.4 Å². The van der Waals surface area contributed by atoms with Gasteiger partial charge in [-0.25, -0.2) is 0 Å². The molecule has 7 nitrogen and oxygen atoms in total. The van der Waals surface area contributed by atoms with E-state index in [1.807, 2.05) is 30.3 Å². The van der Waals surface area contributed by atoms with E-state index in [4.69, 9.17) is 19.7 Å². The van der Waals surface area contributed by atoms with Gasteiger partial charge in [-0.1, -0.05) is 51.4 Å². The average Bonchev–Trinajstić information content (AvgIpc) is 2.52. The summed E-state index contributed by atoms with van der Waals surface area (Å²) in [6.45, 7) is 0.262. The molecule has 1 aromatic carbocycles. The highest BCUT2D eigenvalue weighted by Crippen LogP contribution is 2.36. The molecule has 2 fully saturated rings. The lowest BCUT2D eigenvalue weighted by Gasteiger charge is -2.45. The van der Waals surface area contributed by atoms with Crippen LogP contribution >= 0.6 is 15.9 Å². The standard InChI is InChI=1S/C13H14BrN3O4/c14-9-10(16-17-15)11-8(20-12(9)18)6-19-13(21-11)7-4-2-1-3-5-7/h1-5,8-13,18H,6H2/t8-,9?,10?,11-,12?,13-/m1/s1. The molecule has 1 aromatic rings. The van der Waals surface area contributed by atoms with Gasteiger partial charge in [0.1, 0.15) is 6.10 Å². The SMILES string of the molecule is [N-]=[N+]=NC1C(Br)C(O)O[C@@H]2CO[C@@H](c3ccccc3)O[C@@H]12. The summed E-state index contributed by atoms with van der Waals surface area (Å²) >= 11 is 3.30. The largest absolute Gasteiger partial charge is 0.367 e. The van der Waals surface area contributed by atoms with E-state index in [0.717, 1.165) is 5.56 Å². The number of benzene rings is 1. The highest BCUT2D eigenvalue weighted by Gasteiger charge is 2.48. The lowest BCUT2D eigenvalue weighted by Crippen LogP contribution is -2.59. The number of ether oxygens (including phenoxy) is 3. The minimum Gasteiger partial charge on any atom is -0.367 e. The quantitative estimate of drug-likeness (QED) is 0.380. The molecule has 6 atom stereocenters. The number of alkyl halides is 1. The van der Waals surface area contributed by atoms with Crippen molar-refractivity contribution in [3.05, 3.63) is 46.3 Å². The van der Waals surface area contributed by atoms with E-state index in [-0.39, 0.29) is 6.61 Å². The van der Waals surface area contributed by atoms with Crippen LogP contribution in [-0.2, 0) is 14.2 Å². The molecule has 0 radical (unpaired) electrons. The fraction of sp³-hybridized carbons (Fsp3) is 0.538. The molecule has 3 unspecified atom stereocenters. The minimum absolute atomic E-state index is 0.262. The second-order valence-electron chi connectivity index (χ2n) is 4.88. The zero-order valence-corrected chi connectivity index (χ0v) is 12.5. The number of hydrogen-bond donors (Lipinski definition) is 1. The van der Waals surface area contributed by atoms with E-state index in [1.54, 1.807) is 0 Å². The fourth-order valence-corrected chi connectivity index (χ4v) is 3.07. The average molecular weight is 356 g/mol. The Morgan fingerprint density at radius 1 is 1.29 bits per heavy atom. The summed E-state index contributed by atoms with van der Waals surface area (Å²) in [5, 5.41) is 13.6. The Balaban J connectivity index is 1.82. The van der Waals surface area contributed by atoms with Crippen LogP contribution in [0.2, 0.25) is 0 Å². The molecule has 0 bridgehead atoms. The number of azide groups is 1. The van der Waals surface area contributed by atoms with E-state index in [1.165, 1.54) is 0 Å². The van der Waals surface area contributed by atoms with Crippen LogP contribution in [0.1, 0.15) is 11.9 Å². The van der Waals surface area contributed by atoms with Crippen molar-refractivity contribution in [3.63, 3.8) is 0 Å². The zero-order valence-electron chi connectivity index (χ0n) is 10.9. The van der Waals surface area contributed by atoms with Crippen molar-refractivity contribution < 1.29 is 19.3 Å². The summed E-state index contributed by atoms with van der Waals surface area (Å²) in [4.78, 5) is 2.32. The van der Waals surface area contributed by atoms with Crippen LogP contribution in [0, 0.1) is 0 Å². The molecule has 21 heavy (non-hydrogen) atoms. The van der Waals surface area contributed by atoms with Crippen molar-refractivity contribution in [2.45, 2.75) is 35.7 Å². The van der Waals surface area contributed by atoms with Crippen molar-refractivity contribution in [1.29, 1.82) is 0 Å². The number of halogens is 1. The van der Waals surface area contributed by atoms with Gasteiger partial charge in [-0.05, 0) is 5.53 Å². The third-order valence-corrected chi connectivity index (χ3v) is 4.56. The maximum atomic E-state index is 9.83. The lowest BCUT2D eigenvalue weighted by atomic mass is 9.98. The first-order valence-corrected chi connectivity index (χ1v) is 7.46. The Hall–Kier alpha value is -1.15. The van der Waals surface area contributed by atoms with Gasteiger partial charge >= 0.3 is 0 Å². The molecular formula is C13H14BrN3O4. The number of fused-ring (bicyclic) bond motifs is 1. The van der Waals surface area contributed by atoms with E-state index in [0.29, 0.717) is 0 Å². The van der Waals surface area contributed by atoms with Gasteiger partial charge in [-0.15, -0.1) is 0 Å². The Morgan fingerprint density at radius 2 is 2.05 bits per heavy atom. The van der Waals surface area contributed by atoms with Crippen molar-refractivity contribution in [2.75, 3.05) is 6.61 Å². The van der Waals surface area contributed by atoms with Crippen LogP contribution < -0.4 is 0 Å². The molecular weight excluding hydrogens is 342 g/mol. The van der Waals surface area contributed by atoms with Crippen molar-refractivity contribution in [3.8, 4) is 0 Å². The van der Waals surface area contributed by atoms with Gasteiger partial charge in [0.05, 0.1) is 23.6 Å². The molecule has 8 heteroatoms. The Morgan fingerprint density at radius 3 is 2.76 bits per heavy atom. The molecule has 112 valence electrons. The molecule has 0 saturated carbocycles. The van der Waals surface area contributed by atoms with Gasteiger partial charge in [-0.3, -0.25) is 0 Å². The summed E-state index contributed by atoms with van der Waals surface area (Å²) < 4.78 is 17.0. The summed E-state index contributed by atoms with van der Waals surface area (Å²) in [5.74, 6) is 0. The van der Waals surface area contributed by atoms with E-state index >= 15 is 0 Å². The molecule has 0 aliphatic carbocycles. The maximum Gasteiger partial charge on any atom is 0.184 e. The summed E-state index contributed by atoms with van der Waals surface area (Å²) in [5.41, 5.74) is 9.61. The summed E-state index contributed by atoms with van der Waals surface area (Å²) in [6.07, 6.45) is -2.55. The number of aliphatic hydroxyl groups is 1. The molecule has 2 saturated heterocycles. The van der Waals surface area contributed by atoms with Gasteiger partial charge in [-0.2, -0.15) is 0 Å². The normalized spacial score (nSPS) is 39.1. The summed E-state index contributed by atoms with van der Waals surface area (Å²) in [7, 11) is 0. The highest BCUT2D eigenvalue weighted by atomic mass is 79.9. The number of nitrogens with zero attached hydrogens (tertiary/aromatic N) is 3. The van der Waals surface area contributed by atoms with Crippen molar-refractivity contribution in [2.24, 2.45) is 5.11 Å².